The van der Waals surface area contributed by atoms with E-state index in [0.717, 1.165) is 45.6 Å². The van der Waals surface area contributed by atoms with E-state index in [1.54, 1.807) is 0 Å². The molecule has 2 heterocycles. The Kier molecular flexibility index (Phi) is 4.04. The van der Waals surface area contributed by atoms with Crippen LogP contribution in [0.15, 0.2) is 0 Å². The molecule has 0 unspecified atom stereocenters. The van der Waals surface area contributed by atoms with E-state index in [1.165, 1.54) is 12.8 Å². The van der Waals surface area contributed by atoms with Crippen molar-refractivity contribution in [2.75, 3.05) is 32.7 Å². The molecular weight excluding hydrogens is 202 g/mol. The molecule has 0 aromatic rings. The van der Waals surface area contributed by atoms with Crippen molar-refractivity contribution in [2.45, 2.75) is 38.6 Å². The number of rotatable bonds is 2. The summed E-state index contributed by atoms with van der Waals surface area (Å²) in [6, 6.07) is 0.889. The lowest BCUT2D eigenvalue weighted by Crippen LogP contribution is -2.49. The van der Waals surface area contributed by atoms with E-state index in [1.807, 2.05) is 9.80 Å². The van der Waals surface area contributed by atoms with Crippen LogP contribution in [0.25, 0.3) is 0 Å². The Morgan fingerprint density at radius 2 is 1.69 bits per heavy atom. The second-order valence-corrected chi connectivity index (χ2v) is 4.80. The second-order valence-electron chi connectivity index (χ2n) is 4.80. The number of carbonyl (C=O) groups is 1. The number of likely N-dealkylation sites (tertiary alicyclic amines) is 2. The summed E-state index contributed by atoms with van der Waals surface area (Å²) in [6.45, 7) is 6.95. The first-order valence-electron chi connectivity index (χ1n) is 6.58. The lowest BCUT2D eigenvalue weighted by molar-refractivity contribution is 0.145. The SMILES string of the molecule is CCNC1CCN(C(=O)N2CCCC2)CC1. The zero-order chi connectivity index (χ0) is 11.4. The maximum absolute atomic E-state index is 12.1. The predicted octanol–water partition coefficient (Wildman–Crippen LogP) is 1.28. The Morgan fingerprint density at radius 3 is 2.25 bits per heavy atom. The highest BCUT2D eigenvalue weighted by atomic mass is 16.2. The molecule has 0 radical (unpaired) electrons. The highest BCUT2D eigenvalue weighted by Gasteiger charge is 2.27. The summed E-state index contributed by atoms with van der Waals surface area (Å²) in [5, 5.41) is 3.46. The summed E-state index contributed by atoms with van der Waals surface area (Å²) in [4.78, 5) is 16.1. The minimum absolute atomic E-state index is 0.271. The molecule has 0 bridgehead atoms. The fraction of sp³-hybridized carbons (Fsp3) is 0.917. The average Bonchev–Trinajstić information content (AvgIpc) is 2.83. The summed E-state index contributed by atoms with van der Waals surface area (Å²) < 4.78 is 0. The van der Waals surface area contributed by atoms with Gasteiger partial charge in [0, 0.05) is 32.2 Å². The Balaban J connectivity index is 1.77. The van der Waals surface area contributed by atoms with E-state index in [4.69, 9.17) is 0 Å². The number of piperidine rings is 1. The molecule has 2 amide bonds. The van der Waals surface area contributed by atoms with Gasteiger partial charge in [-0.3, -0.25) is 0 Å². The smallest absolute Gasteiger partial charge is 0.319 e. The highest BCUT2D eigenvalue weighted by Crippen LogP contribution is 2.15. The molecule has 0 aromatic carbocycles. The van der Waals surface area contributed by atoms with Crippen LogP contribution in [-0.2, 0) is 0 Å². The zero-order valence-corrected chi connectivity index (χ0v) is 10.2. The number of hydrogen-bond acceptors (Lipinski definition) is 2. The first-order valence-corrected chi connectivity index (χ1v) is 6.58. The minimum Gasteiger partial charge on any atom is -0.325 e. The largest absolute Gasteiger partial charge is 0.325 e. The number of amides is 2. The fourth-order valence-electron chi connectivity index (χ4n) is 2.67. The van der Waals surface area contributed by atoms with Crippen LogP contribution in [0.1, 0.15) is 32.6 Å². The Labute approximate surface area is 98.0 Å². The molecular formula is C12H23N3O. The van der Waals surface area contributed by atoms with Gasteiger partial charge in [0.2, 0.25) is 0 Å². The van der Waals surface area contributed by atoms with Gasteiger partial charge in [0.05, 0.1) is 0 Å². The predicted molar refractivity (Wildman–Crippen MR) is 64.5 cm³/mol. The standard InChI is InChI=1S/C12H23N3O/c1-2-13-11-5-9-15(10-6-11)12(16)14-7-3-4-8-14/h11,13H,2-10H2,1H3. The molecule has 92 valence electrons. The van der Waals surface area contributed by atoms with Crippen LogP contribution in [0.3, 0.4) is 0 Å². The highest BCUT2D eigenvalue weighted by molar-refractivity contribution is 5.74. The van der Waals surface area contributed by atoms with Gasteiger partial charge in [-0.25, -0.2) is 4.79 Å². The van der Waals surface area contributed by atoms with Crippen LogP contribution in [-0.4, -0.2) is 54.6 Å². The fourth-order valence-corrected chi connectivity index (χ4v) is 2.67. The Hall–Kier alpha value is -0.770. The van der Waals surface area contributed by atoms with E-state index < -0.39 is 0 Å². The van der Waals surface area contributed by atoms with Gasteiger partial charge in [0.1, 0.15) is 0 Å². The van der Waals surface area contributed by atoms with Gasteiger partial charge in [-0.1, -0.05) is 6.92 Å². The first-order chi connectivity index (χ1) is 7.81. The normalized spacial score (nSPS) is 22.8. The summed E-state index contributed by atoms with van der Waals surface area (Å²) in [5.74, 6) is 0. The number of carbonyl (C=O) groups excluding carboxylic acids is 1. The second kappa shape index (κ2) is 5.53. The van der Waals surface area contributed by atoms with Crippen molar-refractivity contribution in [3.63, 3.8) is 0 Å². The number of nitrogens with one attached hydrogen (secondary N) is 1. The van der Waals surface area contributed by atoms with Gasteiger partial charge in [0.25, 0.3) is 0 Å². The van der Waals surface area contributed by atoms with Crippen LogP contribution >= 0.6 is 0 Å². The van der Waals surface area contributed by atoms with Crippen LogP contribution in [0.4, 0.5) is 4.79 Å². The van der Waals surface area contributed by atoms with E-state index in [-0.39, 0.29) is 6.03 Å². The molecule has 2 saturated heterocycles. The van der Waals surface area contributed by atoms with Crippen LogP contribution in [0.5, 0.6) is 0 Å². The van der Waals surface area contributed by atoms with Gasteiger partial charge in [-0.2, -0.15) is 0 Å². The van der Waals surface area contributed by atoms with Crippen LogP contribution < -0.4 is 5.32 Å². The van der Waals surface area contributed by atoms with Crippen LogP contribution in [0, 0.1) is 0 Å². The molecule has 0 saturated carbocycles. The molecule has 4 nitrogen and oxygen atoms in total. The van der Waals surface area contributed by atoms with Gasteiger partial charge < -0.3 is 15.1 Å². The van der Waals surface area contributed by atoms with E-state index >= 15 is 0 Å². The van der Waals surface area contributed by atoms with Gasteiger partial charge in [-0.15, -0.1) is 0 Å². The topological polar surface area (TPSA) is 35.6 Å². The van der Waals surface area contributed by atoms with Crippen molar-refractivity contribution in [1.82, 2.24) is 15.1 Å². The molecule has 4 heteroatoms. The number of hydrogen-bond donors (Lipinski definition) is 1. The molecule has 2 fully saturated rings. The summed E-state index contributed by atoms with van der Waals surface area (Å²) in [5.41, 5.74) is 0. The number of nitrogens with zero attached hydrogens (tertiary/aromatic N) is 2. The molecule has 0 aliphatic carbocycles. The molecule has 0 spiro atoms. The summed E-state index contributed by atoms with van der Waals surface area (Å²) >= 11 is 0. The van der Waals surface area contributed by atoms with Crippen LogP contribution in [0.2, 0.25) is 0 Å². The third-order valence-corrected chi connectivity index (χ3v) is 3.63. The van der Waals surface area contributed by atoms with Gasteiger partial charge in [-0.05, 0) is 32.2 Å². The third kappa shape index (κ3) is 2.67. The van der Waals surface area contributed by atoms with Crippen molar-refractivity contribution in [3.8, 4) is 0 Å². The van der Waals surface area contributed by atoms with Gasteiger partial charge in [0.15, 0.2) is 0 Å². The lowest BCUT2D eigenvalue weighted by atomic mass is 10.1. The van der Waals surface area contributed by atoms with E-state index in [0.29, 0.717) is 6.04 Å². The maximum Gasteiger partial charge on any atom is 0.319 e. The lowest BCUT2D eigenvalue weighted by Gasteiger charge is -2.34. The quantitative estimate of drug-likeness (QED) is 0.768. The van der Waals surface area contributed by atoms with Crippen molar-refractivity contribution >= 4 is 6.03 Å². The van der Waals surface area contributed by atoms with Crippen molar-refractivity contribution in [1.29, 1.82) is 0 Å². The number of urea groups is 1. The van der Waals surface area contributed by atoms with E-state index in [9.17, 15) is 4.79 Å². The van der Waals surface area contributed by atoms with Crippen molar-refractivity contribution in [2.24, 2.45) is 0 Å². The van der Waals surface area contributed by atoms with Crippen molar-refractivity contribution < 1.29 is 4.79 Å². The Bertz CT molecular complexity index is 230. The first kappa shape index (κ1) is 11.7. The summed E-state index contributed by atoms with van der Waals surface area (Å²) in [6.07, 6.45) is 4.57. The van der Waals surface area contributed by atoms with E-state index in [2.05, 4.69) is 12.2 Å². The monoisotopic (exact) mass is 225 g/mol. The Morgan fingerprint density at radius 1 is 1.12 bits per heavy atom. The van der Waals surface area contributed by atoms with Gasteiger partial charge >= 0.3 is 6.03 Å². The molecule has 2 aliphatic rings. The minimum atomic E-state index is 0.271. The molecule has 2 rings (SSSR count). The van der Waals surface area contributed by atoms with Crippen molar-refractivity contribution in [3.05, 3.63) is 0 Å². The molecule has 1 N–H and O–H groups in total. The molecule has 2 aliphatic heterocycles. The maximum atomic E-state index is 12.1. The average molecular weight is 225 g/mol. The summed E-state index contributed by atoms with van der Waals surface area (Å²) in [7, 11) is 0. The zero-order valence-electron chi connectivity index (χ0n) is 10.2. The molecule has 0 atom stereocenters. The molecule has 0 aromatic heterocycles. The third-order valence-electron chi connectivity index (χ3n) is 3.63. The molecule has 16 heavy (non-hydrogen) atoms.